The molecule has 1 heterocycles. The van der Waals surface area contributed by atoms with Gasteiger partial charge in [0, 0.05) is 18.8 Å². The first-order chi connectivity index (χ1) is 7.97. The number of hydrogen-bond acceptors (Lipinski definition) is 3. The van der Waals surface area contributed by atoms with Crippen LogP contribution in [0, 0.1) is 5.82 Å². The third-order valence-corrected chi connectivity index (χ3v) is 4.11. The van der Waals surface area contributed by atoms with Gasteiger partial charge in [-0.25, -0.2) is 4.39 Å². The van der Waals surface area contributed by atoms with Crippen LogP contribution in [0.5, 0.6) is 0 Å². The van der Waals surface area contributed by atoms with Crippen LogP contribution in [0.15, 0.2) is 18.2 Å². The van der Waals surface area contributed by atoms with Crippen molar-refractivity contribution in [2.75, 3.05) is 23.5 Å². The summed E-state index contributed by atoms with van der Waals surface area (Å²) in [6.45, 7) is 1.00. The average Bonchev–Trinajstić information content (AvgIpc) is 2.67. The summed E-state index contributed by atoms with van der Waals surface area (Å²) < 4.78 is 40.5. The molecule has 1 aromatic rings. The quantitative estimate of drug-likeness (QED) is 0.800. The third kappa shape index (κ3) is 2.86. The van der Waals surface area contributed by atoms with Crippen molar-refractivity contribution in [2.24, 2.45) is 0 Å². The maximum absolute atomic E-state index is 13.1. The summed E-state index contributed by atoms with van der Waals surface area (Å²) in [6, 6.07) is 3.62. The number of rotatable bonds is 3. The van der Waals surface area contributed by atoms with E-state index in [2.05, 4.69) is 4.72 Å². The average molecular weight is 259 g/mol. The zero-order chi connectivity index (χ0) is 12.5. The first kappa shape index (κ1) is 12.1. The molecule has 2 rings (SSSR count). The maximum Gasteiger partial charge on any atom is 0.301 e. The van der Waals surface area contributed by atoms with Gasteiger partial charge in [-0.15, -0.1) is 0 Å². The number of benzene rings is 1. The molecule has 1 aliphatic heterocycles. The minimum absolute atomic E-state index is 0.148. The predicted octanol–water partition coefficient (Wildman–Crippen LogP) is 1.16. The van der Waals surface area contributed by atoms with E-state index < -0.39 is 16.0 Å². The van der Waals surface area contributed by atoms with E-state index in [4.69, 9.17) is 5.73 Å². The highest BCUT2D eigenvalue weighted by molar-refractivity contribution is 7.90. The number of halogens is 1. The summed E-state index contributed by atoms with van der Waals surface area (Å²) >= 11 is 0. The van der Waals surface area contributed by atoms with Crippen LogP contribution in [0.3, 0.4) is 0 Å². The summed E-state index contributed by atoms with van der Waals surface area (Å²) in [5.74, 6) is -0.566. The van der Waals surface area contributed by atoms with Gasteiger partial charge in [-0.3, -0.25) is 4.72 Å². The summed E-state index contributed by atoms with van der Waals surface area (Å²) in [7, 11) is -3.59. The second-order valence-electron chi connectivity index (χ2n) is 3.99. The molecule has 0 aliphatic carbocycles. The largest absolute Gasteiger partial charge is 0.399 e. The van der Waals surface area contributed by atoms with Crippen molar-refractivity contribution in [1.29, 1.82) is 0 Å². The van der Waals surface area contributed by atoms with Gasteiger partial charge in [0.15, 0.2) is 0 Å². The molecule has 5 nitrogen and oxygen atoms in total. The molecule has 0 unspecified atom stereocenters. The van der Waals surface area contributed by atoms with Crippen molar-refractivity contribution in [1.82, 2.24) is 4.31 Å². The molecule has 3 N–H and O–H groups in total. The Morgan fingerprint density at radius 2 is 1.88 bits per heavy atom. The first-order valence-corrected chi connectivity index (χ1v) is 6.75. The van der Waals surface area contributed by atoms with Crippen molar-refractivity contribution >= 4 is 21.6 Å². The molecule has 0 saturated carbocycles. The number of nitrogens with two attached hydrogens (primary N) is 1. The molecule has 1 aromatic carbocycles. The first-order valence-electron chi connectivity index (χ1n) is 5.31. The molecule has 1 fully saturated rings. The monoisotopic (exact) mass is 259 g/mol. The highest BCUT2D eigenvalue weighted by Gasteiger charge is 2.25. The standard InChI is InChI=1S/C10H14FN3O2S/c11-8-5-9(12)7-10(6-8)13-17(15,16)14-3-1-2-4-14/h5-7,13H,1-4,12H2. The Balaban J connectivity index is 2.19. The topological polar surface area (TPSA) is 75.4 Å². The Kier molecular flexibility index (Phi) is 3.21. The minimum Gasteiger partial charge on any atom is -0.399 e. The van der Waals surface area contributed by atoms with E-state index in [1.54, 1.807) is 0 Å². The molecule has 0 atom stereocenters. The second-order valence-corrected chi connectivity index (χ2v) is 5.66. The van der Waals surface area contributed by atoms with Crippen LogP contribution in [-0.4, -0.2) is 25.8 Å². The minimum atomic E-state index is -3.59. The molecule has 0 spiro atoms. The van der Waals surface area contributed by atoms with Gasteiger partial charge >= 0.3 is 10.2 Å². The number of nitrogens with one attached hydrogen (secondary N) is 1. The highest BCUT2D eigenvalue weighted by atomic mass is 32.2. The number of nitrogens with zero attached hydrogens (tertiary/aromatic N) is 1. The molecule has 0 bridgehead atoms. The van der Waals surface area contributed by atoms with Gasteiger partial charge in [0.1, 0.15) is 5.82 Å². The van der Waals surface area contributed by atoms with Crippen LogP contribution in [0.1, 0.15) is 12.8 Å². The van der Waals surface area contributed by atoms with Crippen LogP contribution < -0.4 is 10.5 Å². The Bertz CT molecular complexity index is 492. The Morgan fingerprint density at radius 3 is 2.47 bits per heavy atom. The highest BCUT2D eigenvalue weighted by Crippen LogP contribution is 2.19. The van der Waals surface area contributed by atoms with Gasteiger partial charge in [-0.2, -0.15) is 12.7 Å². The smallest absolute Gasteiger partial charge is 0.301 e. The second kappa shape index (κ2) is 4.50. The van der Waals surface area contributed by atoms with Gasteiger partial charge in [-0.05, 0) is 31.0 Å². The lowest BCUT2D eigenvalue weighted by atomic mass is 10.3. The molecule has 1 aliphatic rings. The Morgan fingerprint density at radius 1 is 1.24 bits per heavy atom. The van der Waals surface area contributed by atoms with Crippen molar-refractivity contribution in [3.05, 3.63) is 24.0 Å². The van der Waals surface area contributed by atoms with Gasteiger partial charge in [-0.1, -0.05) is 0 Å². The lowest BCUT2D eigenvalue weighted by molar-refractivity contribution is 0.482. The van der Waals surface area contributed by atoms with Gasteiger partial charge < -0.3 is 5.73 Å². The molecule has 0 radical (unpaired) electrons. The van der Waals surface area contributed by atoms with E-state index in [9.17, 15) is 12.8 Å². The fourth-order valence-corrected chi connectivity index (χ4v) is 3.10. The van der Waals surface area contributed by atoms with Gasteiger partial charge in [0.05, 0.1) is 5.69 Å². The van der Waals surface area contributed by atoms with Crippen LogP contribution in [0.25, 0.3) is 0 Å². The summed E-state index contributed by atoms with van der Waals surface area (Å²) in [6.07, 6.45) is 1.71. The molecular weight excluding hydrogens is 245 g/mol. The molecule has 94 valence electrons. The lowest BCUT2D eigenvalue weighted by Crippen LogP contribution is -2.33. The van der Waals surface area contributed by atoms with Gasteiger partial charge in [0.2, 0.25) is 0 Å². The SMILES string of the molecule is Nc1cc(F)cc(NS(=O)(=O)N2CCCC2)c1. The van der Waals surface area contributed by atoms with Crippen molar-refractivity contribution in [2.45, 2.75) is 12.8 Å². The molecule has 0 amide bonds. The molecule has 7 heteroatoms. The maximum atomic E-state index is 13.1. The number of hydrogen-bond donors (Lipinski definition) is 2. The molecular formula is C10H14FN3O2S. The van der Waals surface area contributed by atoms with Crippen LogP contribution >= 0.6 is 0 Å². The molecule has 17 heavy (non-hydrogen) atoms. The zero-order valence-electron chi connectivity index (χ0n) is 9.19. The summed E-state index contributed by atoms with van der Waals surface area (Å²) in [4.78, 5) is 0. The fraction of sp³-hybridized carbons (Fsp3) is 0.400. The number of anilines is 2. The summed E-state index contributed by atoms with van der Waals surface area (Å²) in [5.41, 5.74) is 5.78. The van der Waals surface area contributed by atoms with E-state index in [-0.39, 0.29) is 11.4 Å². The van der Waals surface area contributed by atoms with E-state index in [0.717, 1.165) is 25.0 Å². The third-order valence-electron chi connectivity index (χ3n) is 2.57. The van der Waals surface area contributed by atoms with E-state index in [0.29, 0.717) is 13.1 Å². The molecule has 0 aromatic heterocycles. The van der Waals surface area contributed by atoms with Crippen molar-refractivity contribution < 1.29 is 12.8 Å². The van der Waals surface area contributed by atoms with Crippen molar-refractivity contribution in [3.63, 3.8) is 0 Å². The van der Waals surface area contributed by atoms with Crippen LogP contribution in [0.4, 0.5) is 15.8 Å². The summed E-state index contributed by atoms with van der Waals surface area (Å²) in [5, 5.41) is 0. The Labute approximate surface area is 99.6 Å². The zero-order valence-corrected chi connectivity index (χ0v) is 10.0. The van der Waals surface area contributed by atoms with E-state index >= 15 is 0 Å². The van der Waals surface area contributed by atoms with E-state index in [1.807, 2.05) is 0 Å². The fourth-order valence-electron chi connectivity index (χ4n) is 1.81. The number of nitrogen functional groups attached to an aromatic ring is 1. The van der Waals surface area contributed by atoms with Gasteiger partial charge in [0.25, 0.3) is 0 Å². The van der Waals surface area contributed by atoms with Crippen LogP contribution in [-0.2, 0) is 10.2 Å². The van der Waals surface area contributed by atoms with Crippen molar-refractivity contribution in [3.8, 4) is 0 Å². The van der Waals surface area contributed by atoms with Crippen LogP contribution in [0.2, 0.25) is 0 Å². The lowest BCUT2D eigenvalue weighted by Gasteiger charge is -2.17. The normalized spacial score (nSPS) is 17.2. The Hall–Kier alpha value is -1.34. The molecule has 1 saturated heterocycles. The van der Waals surface area contributed by atoms with E-state index in [1.165, 1.54) is 10.4 Å². The predicted molar refractivity (Wildman–Crippen MR) is 64.2 cm³/mol.